The number of nitrogens with one attached hydrogen (secondary N) is 1. The van der Waals surface area contributed by atoms with Crippen molar-refractivity contribution in [2.45, 2.75) is 19.3 Å². The van der Waals surface area contributed by atoms with Gasteiger partial charge in [0.15, 0.2) is 0 Å². The summed E-state index contributed by atoms with van der Waals surface area (Å²) in [6.07, 6.45) is 3.22. The van der Waals surface area contributed by atoms with Crippen LogP contribution in [0.5, 0.6) is 5.75 Å². The van der Waals surface area contributed by atoms with E-state index in [1.165, 1.54) is 17.7 Å². The van der Waals surface area contributed by atoms with Crippen LogP contribution in [0.2, 0.25) is 0 Å². The number of carbonyl (C=O) groups is 1. The van der Waals surface area contributed by atoms with Gasteiger partial charge in [0, 0.05) is 37.6 Å². The Kier molecular flexibility index (Phi) is 6.56. The van der Waals surface area contributed by atoms with E-state index in [-0.39, 0.29) is 11.7 Å². The van der Waals surface area contributed by atoms with Crippen LogP contribution in [0.1, 0.15) is 28.9 Å². The van der Waals surface area contributed by atoms with Gasteiger partial charge in [0.1, 0.15) is 17.3 Å². The average molecular weight is 424 g/mol. The van der Waals surface area contributed by atoms with Gasteiger partial charge in [-0.25, -0.2) is 4.39 Å². The van der Waals surface area contributed by atoms with E-state index < -0.39 is 0 Å². The number of piperidine rings is 1. The first kappa shape index (κ1) is 21.4. The number of para-hydroxylation sites is 1. The lowest BCUT2D eigenvalue weighted by atomic mass is 9.97. The Morgan fingerprint density at radius 2 is 2.10 bits per heavy atom. The second-order valence-corrected chi connectivity index (χ2v) is 8.47. The van der Waals surface area contributed by atoms with Gasteiger partial charge in [-0.3, -0.25) is 4.79 Å². The Bertz CT molecular complexity index is 1050. The number of likely N-dealkylation sites (tertiary alicyclic amines) is 1. The molecule has 1 fully saturated rings. The first-order chi connectivity index (χ1) is 15.0. The van der Waals surface area contributed by atoms with Crippen LogP contribution in [0.15, 0.2) is 48.5 Å². The van der Waals surface area contributed by atoms with Gasteiger partial charge < -0.3 is 19.5 Å². The molecule has 1 N–H and O–H groups in total. The Morgan fingerprint density at radius 1 is 1.26 bits per heavy atom. The van der Waals surface area contributed by atoms with E-state index >= 15 is 0 Å². The minimum atomic E-state index is -0.297. The van der Waals surface area contributed by atoms with Gasteiger partial charge in [-0.05, 0) is 67.6 Å². The number of aromatic nitrogens is 1. The second kappa shape index (κ2) is 9.52. The molecular formula is C25H30FN3O2. The van der Waals surface area contributed by atoms with Crippen LogP contribution in [-0.4, -0.2) is 61.0 Å². The van der Waals surface area contributed by atoms with E-state index in [1.54, 1.807) is 24.1 Å². The molecule has 1 atom stereocenters. The molecule has 31 heavy (non-hydrogen) atoms. The molecule has 1 aliphatic rings. The predicted octanol–water partition coefficient (Wildman–Crippen LogP) is 4.34. The van der Waals surface area contributed by atoms with Crippen molar-refractivity contribution < 1.29 is 13.9 Å². The zero-order chi connectivity index (χ0) is 21.8. The zero-order valence-electron chi connectivity index (χ0n) is 18.2. The van der Waals surface area contributed by atoms with Crippen LogP contribution in [-0.2, 0) is 6.42 Å². The van der Waals surface area contributed by atoms with Crippen molar-refractivity contribution in [2.24, 2.45) is 5.92 Å². The Morgan fingerprint density at radius 3 is 2.94 bits per heavy atom. The van der Waals surface area contributed by atoms with Crippen LogP contribution in [0.3, 0.4) is 0 Å². The largest absolute Gasteiger partial charge is 0.496 e. The number of amides is 1. The Labute approximate surface area is 182 Å². The minimum Gasteiger partial charge on any atom is -0.496 e. The monoisotopic (exact) mass is 423 g/mol. The highest BCUT2D eigenvalue weighted by Crippen LogP contribution is 2.22. The summed E-state index contributed by atoms with van der Waals surface area (Å²) in [5, 5.41) is 0.719. The molecule has 1 aliphatic heterocycles. The van der Waals surface area contributed by atoms with E-state index in [9.17, 15) is 9.18 Å². The topological polar surface area (TPSA) is 48.6 Å². The van der Waals surface area contributed by atoms with E-state index in [1.807, 2.05) is 19.2 Å². The Balaban J connectivity index is 1.33. The second-order valence-electron chi connectivity index (χ2n) is 8.47. The van der Waals surface area contributed by atoms with E-state index in [0.717, 1.165) is 55.5 Å². The third-order valence-corrected chi connectivity index (χ3v) is 6.18. The molecule has 0 unspecified atom stereocenters. The summed E-state index contributed by atoms with van der Waals surface area (Å²) < 4.78 is 18.9. The number of nitrogens with zero attached hydrogens (tertiary/aromatic N) is 2. The smallest absolute Gasteiger partial charge is 0.270 e. The summed E-state index contributed by atoms with van der Waals surface area (Å²) >= 11 is 0. The van der Waals surface area contributed by atoms with E-state index in [2.05, 4.69) is 22.0 Å². The SMILES string of the molecule is COc1ccccc1CCN1CCC[C@H](CN(C)C(=O)c2cc3cc(F)ccc3[nH]2)C1. The molecule has 5 nitrogen and oxygen atoms in total. The van der Waals surface area contributed by atoms with Crippen LogP contribution in [0.4, 0.5) is 4.39 Å². The van der Waals surface area contributed by atoms with Crippen molar-refractivity contribution in [1.82, 2.24) is 14.8 Å². The highest BCUT2D eigenvalue weighted by Gasteiger charge is 2.24. The average Bonchev–Trinajstić information content (AvgIpc) is 3.20. The van der Waals surface area contributed by atoms with Crippen molar-refractivity contribution in [3.05, 3.63) is 65.6 Å². The summed E-state index contributed by atoms with van der Waals surface area (Å²) in [6, 6.07) is 14.4. The van der Waals surface area contributed by atoms with Gasteiger partial charge in [-0.2, -0.15) is 0 Å². The number of rotatable bonds is 7. The van der Waals surface area contributed by atoms with Crippen molar-refractivity contribution in [3.8, 4) is 5.75 Å². The number of ether oxygens (including phenoxy) is 1. The highest BCUT2D eigenvalue weighted by molar-refractivity contribution is 5.97. The van der Waals surface area contributed by atoms with Gasteiger partial charge >= 0.3 is 0 Å². The number of aromatic amines is 1. The zero-order valence-corrected chi connectivity index (χ0v) is 18.2. The predicted molar refractivity (Wildman–Crippen MR) is 121 cm³/mol. The van der Waals surface area contributed by atoms with Gasteiger partial charge in [-0.15, -0.1) is 0 Å². The molecule has 1 amide bonds. The summed E-state index contributed by atoms with van der Waals surface area (Å²) in [7, 11) is 3.56. The van der Waals surface area contributed by atoms with Crippen LogP contribution in [0, 0.1) is 11.7 Å². The number of hydrogen-bond donors (Lipinski definition) is 1. The van der Waals surface area contributed by atoms with Crippen LogP contribution in [0.25, 0.3) is 10.9 Å². The maximum atomic E-state index is 13.4. The fourth-order valence-electron chi connectivity index (χ4n) is 4.59. The normalized spacial score (nSPS) is 17.1. The summed E-state index contributed by atoms with van der Waals surface area (Å²) in [5.74, 6) is 1.04. The lowest BCUT2D eigenvalue weighted by Crippen LogP contribution is -2.42. The molecule has 2 aromatic carbocycles. The number of methoxy groups -OCH3 is 1. The van der Waals surface area contributed by atoms with Gasteiger partial charge in [0.2, 0.25) is 0 Å². The maximum Gasteiger partial charge on any atom is 0.270 e. The number of fused-ring (bicyclic) bond motifs is 1. The molecule has 0 spiro atoms. The fraction of sp³-hybridized carbons (Fsp3) is 0.400. The molecule has 164 valence electrons. The lowest BCUT2D eigenvalue weighted by Gasteiger charge is -2.34. The molecule has 0 aliphatic carbocycles. The number of hydrogen-bond acceptors (Lipinski definition) is 3. The van der Waals surface area contributed by atoms with E-state index in [4.69, 9.17) is 4.74 Å². The molecule has 3 aromatic rings. The summed E-state index contributed by atoms with van der Waals surface area (Å²) in [4.78, 5) is 20.3. The molecule has 0 radical (unpaired) electrons. The van der Waals surface area contributed by atoms with Crippen molar-refractivity contribution in [1.29, 1.82) is 0 Å². The third-order valence-electron chi connectivity index (χ3n) is 6.18. The number of carbonyl (C=O) groups excluding carboxylic acids is 1. The highest BCUT2D eigenvalue weighted by atomic mass is 19.1. The van der Waals surface area contributed by atoms with Crippen molar-refractivity contribution >= 4 is 16.8 Å². The molecule has 1 aromatic heterocycles. The van der Waals surface area contributed by atoms with Crippen LogP contribution >= 0.6 is 0 Å². The minimum absolute atomic E-state index is 0.0530. The van der Waals surface area contributed by atoms with Gasteiger partial charge in [0.25, 0.3) is 5.91 Å². The molecule has 4 rings (SSSR count). The molecule has 2 heterocycles. The molecule has 0 bridgehead atoms. The standard InChI is InChI=1S/C25H30FN3O2/c1-28(25(30)23-15-20-14-21(26)9-10-22(20)27-23)16-18-6-5-12-29(17-18)13-11-19-7-3-4-8-24(19)31-2/h3-4,7-10,14-15,18,27H,5-6,11-13,16-17H2,1-2H3/t18-/m1/s1. The van der Waals surface area contributed by atoms with Gasteiger partial charge in [-0.1, -0.05) is 18.2 Å². The first-order valence-electron chi connectivity index (χ1n) is 10.9. The lowest BCUT2D eigenvalue weighted by molar-refractivity contribution is 0.0725. The quantitative estimate of drug-likeness (QED) is 0.615. The number of H-pyrrole nitrogens is 1. The third kappa shape index (κ3) is 5.07. The summed E-state index contributed by atoms with van der Waals surface area (Å²) in [6.45, 7) is 3.79. The van der Waals surface area contributed by atoms with Crippen molar-refractivity contribution in [3.63, 3.8) is 0 Å². The molecule has 6 heteroatoms. The summed E-state index contributed by atoms with van der Waals surface area (Å²) in [5.41, 5.74) is 2.51. The molecular weight excluding hydrogens is 393 g/mol. The van der Waals surface area contributed by atoms with E-state index in [0.29, 0.717) is 18.2 Å². The van der Waals surface area contributed by atoms with Crippen molar-refractivity contribution in [2.75, 3.05) is 40.3 Å². The number of benzene rings is 2. The maximum absolute atomic E-state index is 13.4. The van der Waals surface area contributed by atoms with Gasteiger partial charge in [0.05, 0.1) is 7.11 Å². The fourth-order valence-corrected chi connectivity index (χ4v) is 4.59. The number of halogens is 1. The first-order valence-corrected chi connectivity index (χ1v) is 10.9. The Hall–Kier alpha value is -2.86. The molecule has 1 saturated heterocycles. The van der Waals surface area contributed by atoms with Crippen LogP contribution < -0.4 is 4.74 Å². The molecule has 0 saturated carbocycles.